The van der Waals surface area contributed by atoms with Crippen molar-refractivity contribution in [2.45, 2.75) is 32.9 Å². The Labute approximate surface area is 131 Å². The van der Waals surface area contributed by atoms with Crippen LogP contribution in [0.25, 0.3) is 0 Å². The quantitative estimate of drug-likeness (QED) is 0.818. The molecule has 3 amide bonds. The molecule has 0 aliphatic heterocycles. The van der Waals surface area contributed by atoms with Crippen LogP contribution in [0.5, 0.6) is 0 Å². The Balaban J connectivity index is 2.32. The Morgan fingerprint density at radius 1 is 1.45 bits per heavy atom. The van der Waals surface area contributed by atoms with E-state index in [2.05, 4.69) is 26.6 Å². The molecule has 1 atom stereocenters. The van der Waals surface area contributed by atoms with Crippen LogP contribution in [0.15, 0.2) is 15.9 Å². The lowest BCUT2D eigenvalue weighted by molar-refractivity contribution is -0.120. The largest absolute Gasteiger partial charge is 0.335 e. The molecule has 2 N–H and O–H groups in total. The molecule has 0 radical (unpaired) electrons. The Kier molecular flexibility index (Phi) is 7.18. The number of nitrogens with zero attached hydrogens (tertiary/aromatic N) is 1. The SMILES string of the molecule is CC[C@@H](C)NC(=O)NC(=O)CN(C)Cc1ccc(Br)s1. The molecule has 112 valence electrons. The summed E-state index contributed by atoms with van der Waals surface area (Å²) in [5, 5.41) is 5.02. The standard InChI is InChI=1S/C13H20BrN3O2S/c1-4-9(2)15-13(19)16-12(18)8-17(3)7-10-5-6-11(14)20-10/h5-6,9H,4,7-8H2,1-3H3,(H2,15,16,18,19)/t9-/m1/s1. The van der Waals surface area contributed by atoms with Gasteiger partial charge in [0.25, 0.3) is 0 Å². The fourth-order valence-electron chi connectivity index (χ4n) is 1.53. The number of halogens is 1. The maximum absolute atomic E-state index is 11.7. The van der Waals surface area contributed by atoms with Crippen LogP contribution in [0.2, 0.25) is 0 Å². The number of rotatable bonds is 6. The zero-order chi connectivity index (χ0) is 15.1. The molecule has 5 nitrogen and oxygen atoms in total. The Hall–Kier alpha value is -0.920. The summed E-state index contributed by atoms with van der Waals surface area (Å²) in [5.41, 5.74) is 0. The second-order valence-corrected chi connectivity index (χ2v) is 7.26. The van der Waals surface area contributed by atoms with E-state index < -0.39 is 6.03 Å². The molecular formula is C13H20BrN3O2S. The topological polar surface area (TPSA) is 61.4 Å². The number of hydrogen-bond acceptors (Lipinski definition) is 4. The van der Waals surface area contributed by atoms with E-state index in [1.54, 1.807) is 11.3 Å². The van der Waals surface area contributed by atoms with Gasteiger partial charge in [-0.15, -0.1) is 11.3 Å². The van der Waals surface area contributed by atoms with Crippen molar-refractivity contribution in [3.05, 3.63) is 20.8 Å². The number of nitrogens with one attached hydrogen (secondary N) is 2. The monoisotopic (exact) mass is 361 g/mol. The Morgan fingerprint density at radius 3 is 2.70 bits per heavy atom. The molecular weight excluding hydrogens is 342 g/mol. The van der Waals surface area contributed by atoms with Crippen LogP contribution in [-0.2, 0) is 11.3 Å². The summed E-state index contributed by atoms with van der Waals surface area (Å²) in [5.74, 6) is -0.302. The molecule has 1 aromatic rings. The highest BCUT2D eigenvalue weighted by Gasteiger charge is 2.12. The molecule has 0 aliphatic rings. The first-order valence-electron chi connectivity index (χ1n) is 6.43. The zero-order valence-electron chi connectivity index (χ0n) is 11.9. The van der Waals surface area contributed by atoms with Crippen molar-refractivity contribution >= 4 is 39.2 Å². The van der Waals surface area contributed by atoms with Crippen molar-refractivity contribution in [2.24, 2.45) is 0 Å². The van der Waals surface area contributed by atoms with Crippen LogP contribution < -0.4 is 10.6 Å². The molecule has 1 heterocycles. The average molecular weight is 362 g/mol. The lowest BCUT2D eigenvalue weighted by Gasteiger charge is -2.16. The Bertz CT molecular complexity index is 464. The van der Waals surface area contributed by atoms with Gasteiger partial charge < -0.3 is 5.32 Å². The zero-order valence-corrected chi connectivity index (χ0v) is 14.3. The predicted molar refractivity (Wildman–Crippen MR) is 84.8 cm³/mol. The van der Waals surface area contributed by atoms with Crippen LogP contribution in [0, 0.1) is 0 Å². The van der Waals surface area contributed by atoms with Crippen LogP contribution >= 0.6 is 27.3 Å². The fraction of sp³-hybridized carbons (Fsp3) is 0.538. The maximum atomic E-state index is 11.7. The van der Waals surface area contributed by atoms with E-state index in [4.69, 9.17) is 0 Å². The lowest BCUT2D eigenvalue weighted by Crippen LogP contribution is -2.46. The van der Waals surface area contributed by atoms with Crippen LogP contribution in [0.1, 0.15) is 25.1 Å². The van der Waals surface area contributed by atoms with Gasteiger partial charge >= 0.3 is 6.03 Å². The summed E-state index contributed by atoms with van der Waals surface area (Å²) in [4.78, 5) is 26.2. The van der Waals surface area contributed by atoms with Gasteiger partial charge in [-0.2, -0.15) is 0 Å². The number of amides is 3. The minimum absolute atomic E-state index is 0.0593. The fourth-order valence-corrected chi connectivity index (χ4v) is 3.10. The van der Waals surface area contributed by atoms with Crippen LogP contribution in [-0.4, -0.2) is 36.5 Å². The van der Waals surface area contributed by atoms with E-state index in [-0.39, 0.29) is 18.5 Å². The highest BCUT2D eigenvalue weighted by Crippen LogP contribution is 2.22. The van der Waals surface area contributed by atoms with E-state index in [1.807, 2.05) is 37.9 Å². The van der Waals surface area contributed by atoms with Crippen molar-refractivity contribution in [2.75, 3.05) is 13.6 Å². The minimum Gasteiger partial charge on any atom is -0.335 e. The van der Waals surface area contributed by atoms with E-state index >= 15 is 0 Å². The molecule has 0 fully saturated rings. The second-order valence-electron chi connectivity index (χ2n) is 4.71. The number of likely N-dealkylation sites (N-methyl/N-ethyl adjacent to an activating group) is 1. The van der Waals surface area contributed by atoms with Gasteiger partial charge in [-0.1, -0.05) is 6.92 Å². The number of urea groups is 1. The molecule has 0 saturated carbocycles. The number of carbonyl (C=O) groups is 2. The number of imide groups is 1. The van der Waals surface area contributed by atoms with Gasteiger partial charge in [0.15, 0.2) is 0 Å². The molecule has 1 rings (SSSR count). The molecule has 0 bridgehead atoms. The van der Waals surface area contributed by atoms with E-state index in [9.17, 15) is 9.59 Å². The first kappa shape index (κ1) is 17.1. The third-order valence-corrected chi connectivity index (χ3v) is 4.32. The second kappa shape index (κ2) is 8.39. The summed E-state index contributed by atoms with van der Waals surface area (Å²) in [7, 11) is 1.85. The van der Waals surface area contributed by atoms with Gasteiger partial charge in [-0.25, -0.2) is 4.79 Å². The summed E-state index contributed by atoms with van der Waals surface area (Å²) in [6, 6.07) is 3.62. The average Bonchev–Trinajstić information content (AvgIpc) is 2.73. The maximum Gasteiger partial charge on any atom is 0.321 e. The highest BCUT2D eigenvalue weighted by molar-refractivity contribution is 9.11. The molecule has 20 heavy (non-hydrogen) atoms. The van der Waals surface area contributed by atoms with E-state index in [0.717, 1.165) is 15.1 Å². The van der Waals surface area contributed by atoms with E-state index in [1.165, 1.54) is 0 Å². The molecule has 0 aromatic carbocycles. The van der Waals surface area contributed by atoms with Gasteiger partial charge in [-0.05, 0) is 48.5 Å². The van der Waals surface area contributed by atoms with E-state index in [0.29, 0.717) is 6.54 Å². The lowest BCUT2D eigenvalue weighted by atomic mass is 10.3. The van der Waals surface area contributed by atoms with Gasteiger partial charge in [0.1, 0.15) is 0 Å². The minimum atomic E-state index is -0.434. The predicted octanol–water partition coefficient (Wildman–Crippen LogP) is 2.57. The van der Waals surface area contributed by atoms with Crippen molar-refractivity contribution < 1.29 is 9.59 Å². The smallest absolute Gasteiger partial charge is 0.321 e. The number of thiophene rings is 1. The van der Waals surface area contributed by atoms with Gasteiger partial charge in [0.05, 0.1) is 10.3 Å². The van der Waals surface area contributed by atoms with Gasteiger partial charge in [0.2, 0.25) is 5.91 Å². The van der Waals surface area contributed by atoms with Crippen molar-refractivity contribution in [1.82, 2.24) is 15.5 Å². The Morgan fingerprint density at radius 2 is 2.15 bits per heavy atom. The van der Waals surface area contributed by atoms with Gasteiger partial charge in [-0.3, -0.25) is 15.0 Å². The summed E-state index contributed by atoms with van der Waals surface area (Å²) in [6.45, 7) is 4.73. The van der Waals surface area contributed by atoms with Crippen molar-refractivity contribution in [3.8, 4) is 0 Å². The molecule has 0 aliphatic carbocycles. The molecule has 0 spiro atoms. The van der Waals surface area contributed by atoms with Crippen LogP contribution in [0.3, 0.4) is 0 Å². The third-order valence-electron chi connectivity index (χ3n) is 2.71. The molecule has 1 aromatic heterocycles. The van der Waals surface area contributed by atoms with Crippen molar-refractivity contribution in [3.63, 3.8) is 0 Å². The molecule has 0 saturated heterocycles. The molecule has 7 heteroatoms. The normalized spacial score (nSPS) is 12.2. The third kappa shape index (κ3) is 6.49. The number of hydrogen-bond donors (Lipinski definition) is 2. The molecule has 0 unspecified atom stereocenters. The first-order chi connectivity index (χ1) is 9.40. The van der Waals surface area contributed by atoms with Gasteiger partial charge in [0, 0.05) is 17.5 Å². The van der Waals surface area contributed by atoms with Crippen LogP contribution in [0.4, 0.5) is 4.79 Å². The van der Waals surface area contributed by atoms with Crippen molar-refractivity contribution in [1.29, 1.82) is 0 Å². The summed E-state index contributed by atoms with van der Waals surface area (Å²) >= 11 is 5.04. The number of carbonyl (C=O) groups excluding carboxylic acids is 2. The summed E-state index contributed by atoms with van der Waals surface area (Å²) in [6.07, 6.45) is 0.828. The first-order valence-corrected chi connectivity index (χ1v) is 8.04. The highest BCUT2D eigenvalue weighted by atomic mass is 79.9. The summed E-state index contributed by atoms with van der Waals surface area (Å²) < 4.78 is 1.07.